The van der Waals surface area contributed by atoms with Gasteiger partial charge in [-0.25, -0.2) is 4.98 Å². The first-order valence-electron chi connectivity index (χ1n) is 7.79. The molecule has 122 valence electrons. The largest absolute Gasteiger partial charge is 0.235 e. The zero-order chi connectivity index (χ0) is 17.2. The number of benzene rings is 3. The Hall–Kier alpha value is -2.13. The summed E-state index contributed by atoms with van der Waals surface area (Å²) in [6.07, 6.45) is 0. The first-order valence-corrected chi connectivity index (χ1v) is 9.36. The van der Waals surface area contributed by atoms with Gasteiger partial charge >= 0.3 is 0 Å². The van der Waals surface area contributed by atoms with Crippen molar-refractivity contribution in [3.8, 4) is 32.3 Å². The van der Waals surface area contributed by atoms with Gasteiger partial charge in [0.15, 0.2) is 0 Å². The molecule has 4 heteroatoms. The molecule has 0 spiro atoms. The van der Waals surface area contributed by atoms with Crippen molar-refractivity contribution >= 4 is 34.5 Å². The highest BCUT2D eigenvalue weighted by Gasteiger charge is 2.16. The van der Waals surface area contributed by atoms with Crippen molar-refractivity contribution < 1.29 is 0 Å². The summed E-state index contributed by atoms with van der Waals surface area (Å²) in [6, 6.07) is 25.9. The Labute approximate surface area is 160 Å². The number of hydrogen-bond acceptors (Lipinski definition) is 2. The standard InChI is InChI=1S/C21H13Cl2NS/c22-17-10-6-14(7-11-17)19-20(15-4-2-1-3-5-15)25-21(24-19)16-8-12-18(23)13-9-16/h1-13H. The number of halogens is 2. The van der Waals surface area contributed by atoms with Crippen LogP contribution in [0.1, 0.15) is 0 Å². The second-order valence-electron chi connectivity index (χ2n) is 5.58. The Balaban J connectivity index is 1.89. The van der Waals surface area contributed by atoms with E-state index in [2.05, 4.69) is 12.1 Å². The van der Waals surface area contributed by atoms with Crippen molar-refractivity contribution in [1.82, 2.24) is 4.98 Å². The fraction of sp³-hybridized carbons (Fsp3) is 0. The Bertz CT molecular complexity index is 991. The van der Waals surface area contributed by atoms with Gasteiger partial charge in [-0.1, -0.05) is 77.8 Å². The van der Waals surface area contributed by atoms with Gasteiger partial charge in [-0.2, -0.15) is 0 Å². The summed E-state index contributed by atoms with van der Waals surface area (Å²) in [5.41, 5.74) is 4.24. The van der Waals surface area contributed by atoms with Crippen molar-refractivity contribution in [3.05, 3.63) is 88.9 Å². The SMILES string of the molecule is Clc1ccc(-c2nc(-c3ccc(Cl)cc3)c(-c3ccccc3)s2)cc1. The summed E-state index contributed by atoms with van der Waals surface area (Å²) in [5, 5.41) is 2.42. The van der Waals surface area contributed by atoms with E-state index in [4.69, 9.17) is 28.2 Å². The van der Waals surface area contributed by atoms with E-state index in [1.807, 2.05) is 66.7 Å². The van der Waals surface area contributed by atoms with Crippen LogP contribution in [0.2, 0.25) is 10.0 Å². The Kier molecular flexibility index (Phi) is 4.58. The molecule has 0 unspecified atom stereocenters. The highest BCUT2D eigenvalue weighted by Crippen LogP contribution is 2.40. The van der Waals surface area contributed by atoms with E-state index in [0.29, 0.717) is 0 Å². The first kappa shape index (κ1) is 16.3. The minimum absolute atomic E-state index is 0.721. The lowest BCUT2D eigenvalue weighted by molar-refractivity contribution is 1.40. The Morgan fingerprint density at radius 3 is 1.76 bits per heavy atom. The summed E-state index contributed by atoms with van der Waals surface area (Å²) >= 11 is 13.7. The third kappa shape index (κ3) is 3.47. The van der Waals surface area contributed by atoms with Crippen molar-refractivity contribution in [2.75, 3.05) is 0 Å². The average molecular weight is 382 g/mol. The lowest BCUT2D eigenvalue weighted by Crippen LogP contribution is -1.82. The maximum Gasteiger partial charge on any atom is 0.124 e. The van der Waals surface area contributed by atoms with Gasteiger partial charge in [0.1, 0.15) is 5.01 Å². The van der Waals surface area contributed by atoms with Gasteiger partial charge in [0.2, 0.25) is 0 Å². The summed E-state index contributed by atoms with van der Waals surface area (Å²) in [5.74, 6) is 0. The molecule has 0 aliphatic heterocycles. The normalized spacial score (nSPS) is 10.8. The van der Waals surface area contributed by atoms with Crippen LogP contribution < -0.4 is 0 Å². The number of nitrogens with zero attached hydrogens (tertiary/aromatic N) is 1. The molecule has 0 aliphatic carbocycles. The van der Waals surface area contributed by atoms with Gasteiger partial charge in [0.05, 0.1) is 10.6 Å². The van der Waals surface area contributed by atoms with Crippen LogP contribution in [-0.2, 0) is 0 Å². The quantitative estimate of drug-likeness (QED) is 0.359. The molecule has 1 aromatic heterocycles. The van der Waals surface area contributed by atoms with Crippen LogP contribution in [0, 0.1) is 0 Å². The molecule has 0 saturated carbocycles. The number of hydrogen-bond donors (Lipinski definition) is 0. The molecule has 0 bridgehead atoms. The van der Waals surface area contributed by atoms with E-state index in [-0.39, 0.29) is 0 Å². The summed E-state index contributed by atoms with van der Waals surface area (Å²) in [6.45, 7) is 0. The predicted molar refractivity (Wildman–Crippen MR) is 108 cm³/mol. The molecule has 1 nitrogen and oxygen atoms in total. The fourth-order valence-corrected chi connectivity index (χ4v) is 3.97. The van der Waals surface area contributed by atoms with Crippen LogP contribution in [0.3, 0.4) is 0 Å². The monoisotopic (exact) mass is 381 g/mol. The smallest absolute Gasteiger partial charge is 0.124 e. The summed E-state index contributed by atoms with van der Waals surface area (Å²) in [7, 11) is 0. The topological polar surface area (TPSA) is 12.9 Å². The molecule has 0 fully saturated rings. The molecule has 0 atom stereocenters. The molecule has 1 heterocycles. The van der Waals surface area contributed by atoms with Gasteiger partial charge in [-0.3, -0.25) is 0 Å². The number of rotatable bonds is 3. The maximum atomic E-state index is 6.04. The van der Waals surface area contributed by atoms with Crippen molar-refractivity contribution in [2.24, 2.45) is 0 Å². The number of aromatic nitrogens is 1. The molecule has 25 heavy (non-hydrogen) atoms. The second kappa shape index (κ2) is 7.01. The van der Waals surface area contributed by atoms with Gasteiger partial charge in [-0.05, 0) is 29.8 Å². The molecule has 0 amide bonds. The molecule has 0 saturated heterocycles. The lowest BCUT2D eigenvalue weighted by Gasteiger charge is -2.02. The third-order valence-electron chi connectivity index (χ3n) is 3.87. The Morgan fingerprint density at radius 1 is 0.600 bits per heavy atom. The molecular formula is C21H13Cl2NS. The molecule has 3 aromatic carbocycles. The van der Waals surface area contributed by atoms with Gasteiger partial charge in [0.25, 0.3) is 0 Å². The van der Waals surface area contributed by atoms with Crippen molar-refractivity contribution in [3.63, 3.8) is 0 Å². The van der Waals surface area contributed by atoms with E-state index < -0.39 is 0 Å². The van der Waals surface area contributed by atoms with Crippen LogP contribution in [-0.4, -0.2) is 4.98 Å². The second-order valence-corrected chi connectivity index (χ2v) is 7.45. The third-order valence-corrected chi connectivity index (χ3v) is 5.53. The Morgan fingerprint density at radius 2 is 1.16 bits per heavy atom. The average Bonchev–Trinajstić information content (AvgIpc) is 3.09. The molecular weight excluding hydrogens is 369 g/mol. The minimum Gasteiger partial charge on any atom is -0.235 e. The van der Waals surface area contributed by atoms with Crippen molar-refractivity contribution in [2.45, 2.75) is 0 Å². The zero-order valence-electron chi connectivity index (χ0n) is 13.1. The van der Waals surface area contributed by atoms with Gasteiger partial charge in [0, 0.05) is 21.2 Å². The predicted octanol–water partition coefficient (Wildman–Crippen LogP) is 7.45. The van der Waals surface area contributed by atoms with Crippen LogP contribution in [0.5, 0.6) is 0 Å². The highest BCUT2D eigenvalue weighted by atomic mass is 35.5. The molecule has 0 aliphatic rings. The van der Waals surface area contributed by atoms with E-state index in [1.54, 1.807) is 11.3 Å². The van der Waals surface area contributed by atoms with Crippen LogP contribution >= 0.6 is 34.5 Å². The zero-order valence-corrected chi connectivity index (χ0v) is 15.4. The van der Waals surface area contributed by atoms with Gasteiger partial charge < -0.3 is 0 Å². The van der Waals surface area contributed by atoms with Crippen molar-refractivity contribution in [1.29, 1.82) is 0 Å². The van der Waals surface area contributed by atoms with Crippen LogP contribution in [0.25, 0.3) is 32.3 Å². The maximum absolute atomic E-state index is 6.04. The van der Waals surface area contributed by atoms with Crippen LogP contribution in [0.15, 0.2) is 78.9 Å². The van der Waals surface area contributed by atoms with E-state index >= 15 is 0 Å². The van der Waals surface area contributed by atoms with Gasteiger partial charge in [-0.15, -0.1) is 11.3 Å². The molecule has 4 aromatic rings. The molecule has 4 rings (SSSR count). The highest BCUT2D eigenvalue weighted by molar-refractivity contribution is 7.19. The van der Waals surface area contributed by atoms with E-state index in [1.165, 1.54) is 0 Å². The molecule has 0 N–H and O–H groups in total. The minimum atomic E-state index is 0.721. The summed E-state index contributed by atoms with van der Waals surface area (Å²) in [4.78, 5) is 6.06. The summed E-state index contributed by atoms with van der Waals surface area (Å²) < 4.78 is 0. The fourth-order valence-electron chi connectivity index (χ4n) is 2.62. The lowest BCUT2D eigenvalue weighted by atomic mass is 10.1. The van der Waals surface area contributed by atoms with Crippen LogP contribution in [0.4, 0.5) is 0 Å². The first-order chi connectivity index (χ1) is 12.2. The number of thiazole rings is 1. The van der Waals surface area contributed by atoms with E-state index in [9.17, 15) is 0 Å². The molecule has 0 radical (unpaired) electrons. The van der Waals surface area contributed by atoms with E-state index in [0.717, 1.165) is 42.3 Å².